The molecular formula is C15H29BN2O. The molecule has 0 aromatic carbocycles. The van der Waals surface area contributed by atoms with Gasteiger partial charge >= 0.3 is 0 Å². The molecule has 0 bridgehead atoms. The van der Waals surface area contributed by atoms with Gasteiger partial charge in [-0.2, -0.15) is 0 Å². The average molecular weight is 264 g/mol. The van der Waals surface area contributed by atoms with Crippen LogP contribution in [0.2, 0.25) is 5.82 Å². The van der Waals surface area contributed by atoms with Crippen LogP contribution in [-0.2, 0) is 4.74 Å². The number of fused-ring (bicyclic) bond motifs is 1. The van der Waals surface area contributed by atoms with Gasteiger partial charge in [-0.25, -0.2) is 4.99 Å². The quantitative estimate of drug-likeness (QED) is 0.716. The summed E-state index contributed by atoms with van der Waals surface area (Å²) >= 11 is 0. The largest absolute Gasteiger partial charge is 0.460 e. The van der Waals surface area contributed by atoms with Gasteiger partial charge < -0.3 is 9.64 Å². The molecule has 2 rings (SSSR count). The third-order valence-corrected chi connectivity index (χ3v) is 4.27. The van der Waals surface area contributed by atoms with E-state index in [0.717, 1.165) is 11.8 Å². The summed E-state index contributed by atoms with van der Waals surface area (Å²) in [6, 6.07) is 2.22. The SMILES string of the molecule is BC1CCCCC2C(C1)O/C(=N\C(C)C)N2C(C)C. The standard InChI is InChI=1S/C15H29BN2O/c1-10(2)17-15-18(11(3)4)13-8-6-5-7-12(16)9-14(13)19-15/h10-14H,5-9,16H2,1-4H3/b17-15-. The summed E-state index contributed by atoms with van der Waals surface area (Å²) in [5.74, 6) is 0.778. The van der Waals surface area contributed by atoms with Crippen LogP contribution in [0.5, 0.6) is 0 Å². The van der Waals surface area contributed by atoms with Gasteiger partial charge in [-0.1, -0.05) is 25.1 Å². The van der Waals surface area contributed by atoms with E-state index in [1.54, 1.807) is 0 Å². The maximum Gasteiger partial charge on any atom is 0.288 e. The van der Waals surface area contributed by atoms with Crippen molar-refractivity contribution in [1.82, 2.24) is 4.90 Å². The summed E-state index contributed by atoms with van der Waals surface area (Å²) < 4.78 is 6.23. The molecule has 2 fully saturated rings. The Kier molecular flexibility index (Phi) is 4.80. The first-order valence-corrected chi connectivity index (χ1v) is 8.01. The highest BCUT2D eigenvalue weighted by atomic mass is 16.5. The Hall–Kier alpha value is -0.665. The van der Waals surface area contributed by atoms with E-state index in [-0.39, 0.29) is 0 Å². The normalized spacial score (nSPS) is 34.3. The molecule has 0 radical (unpaired) electrons. The highest BCUT2D eigenvalue weighted by Crippen LogP contribution is 2.35. The maximum atomic E-state index is 6.23. The van der Waals surface area contributed by atoms with Crippen LogP contribution in [0.15, 0.2) is 4.99 Å². The molecule has 1 saturated heterocycles. The number of nitrogens with zero attached hydrogens (tertiary/aromatic N) is 2. The van der Waals surface area contributed by atoms with Gasteiger partial charge in [-0.15, -0.1) is 0 Å². The predicted molar refractivity (Wildman–Crippen MR) is 83.6 cm³/mol. The summed E-state index contributed by atoms with van der Waals surface area (Å²) in [7, 11) is 2.36. The number of hydrogen-bond acceptors (Lipinski definition) is 2. The van der Waals surface area contributed by atoms with Crippen molar-refractivity contribution in [2.45, 2.75) is 89.8 Å². The zero-order valence-corrected chi connectivity index (χ0v) is 13.2. The molecule has 1 aliphatic heterocycles. The van der Waals surface area contributed by atoms with E-state index in [2.05, 4.69) is 40.4 Å². The first kappa shape index (κ1) is 14.7. The third kappa shape index (κ3) is 3.46. The molecule has 0 spiro atoms. The molecule has 0 N–H and O–H groups in total. The summed E-state index contributed by atoms with van der Waals surface area (Å²) in [5.41, 5.74) is 0. The Balaban J connectivity index is 2.21. The van der Waals surface area contributed by atoms with E-state index in [1.165, 1.54) is 32.1 Å². The maximum absolute atomic E-state index is 6.23. The molecule has 1 heterocycles. The number of ether oxygens (including phenoxy) is 1. The molecule has 0 aromatic rings. The minimum absolute atomic E-state index is 0.304. The van der Waals surface area contributed by atoms with Crippen LogP contribution in [0, 0.1) is 0 Å². The summed E-state index contributed by atoms with van der Waals surface area (Å²) in [6.45, 7) is 8.75. The zero-order chi connectivity index (χ0) is 14.0. The van der Waals surface area contributed by atoms with Crippen molar-refractivity contribution in [1.29, 1.82) is 0 Å². The Labute approximate surface area is 119 Å². The average Bonchev–Trinajstić information content (AvgIpc) is 2.58. The van der Waals surface area contributed by atoms with Gasteiger partial charge in [0, 0.05) is 12.1 Å². The van der Waals surface area contributed by atoms with Crippen molar-refractivity contribution in [3.8, 4) is 0 Å². The number of hydrogen-bond donors (Lipinski definition) is 0. The summed E-state index contributed by atoms with van der Waals surface area (Å²) in [6.07, 6.45) is 6.85. The van der Waals surface area contributed by atoms with Crippen molar-refractivity contribution in [3.05, 3.63) is 0 Å². The minimum Gasteiger partial charge on any atom is -0.460 e. The highest BCUT2D eigenvalue weighted by Gasteiger charge is 2.42. The molecule has 2 aliphatic rings. The fraction of sp³-hybridized carbons (Fsp3) is 0.933. The molecule has 3 unspecified atom stereocenters. The lowest BCUT2D eigenvalue weighted by atomic mass is 9.75. The molecule has 1 saturated carbocycles. The van der Waals surface area contributed by atoms with Crippen LogP contribution in [-0.4, -0.2) is 43.0 Å². The second-order valence-corrected chi connectivity index (χ2v) is 6.86. The first-order valence-electron chi connectivity index (χ1n) is 8.01. The lowest BCUT2D eigenvalue weighted by molar-refractivity contribution is 0.150. The molecule has 0 amide bonds. The zero-order valence-electron chi connectivity index (χ0n) is 13.2. The summed E-state index contributed by atoms with van der Waals surface area (Å²) in [4.78, 5) is 7.14. The van der Waals surface area contributed by atoms with Crippen molar-refractivity contribution < 1.29 is 4.74 Å². The minimum atomic E-state index is 0.304. The van der Waals surface area contributed by atoms with E-state index in [1.807, 2.05) is 0 Å². The van der Waals surface area contributed by atoms with E-state index in [4.69, 9.17) is 9.73 Å². The molecule has 1 aliphatic carbocycles. The fourth-order valence-corrected chi connectivity index (χ4v) is 3.41. The Morgan fingerprint density at radius 2 is 1.89 bits per heavy atom. The predicted octanol–water partition coefficient (Wildman–Crippen LogP) is 2.61. The smallest absolute Gasteiger partial charge is 0.288 e. The van der Waals surface area contributed by atoms with Crippen LogP contribution in [0.4, 0.5) is 0 Å². The molecule has 0 aromatic heterocycles. The van der Waals surface area contributed by atoms with Crippen molar-refractivity contribution in [2.75, 3.05) is 0 Å². The highest BCUT2D eigenvalue weighted by molar-refractivity contribution is 6.11. The van der Waals surface area contributed by atoms with Crippen molar-refractivity contribution in [2.24, 2.45) is 4.99 Å². The molecule has 4 heteroatoms. The second kappa shape index (κ2) is 6.19. The second-order valence-electron chi connectivity index (χ2n) is 6.86. The summed E-state index contributed by atoms with van der Waals surface area (Å²) in [5, 5.41) is 0. The van der Waals surface area contributed by atoms with Crippen LogP contribution in [0.1, 0.15) is 59.8 Å². The number of aliphatic imine (C=N–C) groups is 1. The van der Waals surface area contributed by atoms with Crippen molar-refractivity contribution >= 4 is 13.9 Å². The van der Waals surface area contributed by atoms with E-state index < -0.39 is 0 Å². The fourth-order valence-electron chi connectivity index (χ4n) is 3.41. The first-order chi connectivity index (χ1) is 8.99. The van der Waals surface area contributed by atoms with Gasteiger partial charge in [0.2, 0.25) is 0 Å². The van der Waals surface area contributed by atoms with Gasteiger partial charge in [0.1, 0.15) is 14.0 Å². The molecule has 3 atom stereocenters. The van der Waals surface area contributed by atoms with Gasteiger partial charge in [-0.3, -0.25) is 0 Å². The topological polar surface area (TPSA) is 24.8 Å². The lowest BCUT2D eigenvalue weighted by Crippen LogP contribution is -2.42. The Morgan fingerprint density at radius 1 is 1.21 bits per heavy atom. The van der Waals surface area contributed by atoms with Gasteiger partial charge in [-0.05, 0) is 40.5 Å². The van der Waals surface area contributed by atoms with Gasteiger partial charge in [0.25, 0.3) is 6.02 Å². The van der Waals surface area contributed by atoms with Crippen LogP contribution >= 0.6 is 0 Å². The molecule has 108 valence electrons. The van der Waals surface area contributed by atoms with Gasteiger partial charge in [0.05, 0.1) is 6.04 Å². The van der Waals surface area contributed by atoms with E-state index in [0.29, 0.717) is 24.2 Å². The number of rotatable bonds is 2. The van der Waals surface area contributed by atoms with E-state index >= 15 is 0 Å². The number of amidine groups is 1. The molecular weight excluding hydrogens is 235 g/mol. The van der Waals surface area contributed by atoms with E-state index in [9.17, 15) is 0 Å². The Morgan fingerprint density at radius 3 is 2.53 bits per heavy atom. The third-order valence-electron chi connectivity index (χ3n) is 4.27. The lowest BCUT2D eigenvalue weighted by Gasteiger charge is -2.31. The van der Waals surface area contributed by atoms with Gasteiger partial charge in [0.15, 0.2) is 0 Å². The van der Waals surface area contributed by atoms with Crippen LogP contribution < -0.4 is 0 Å². The Bertz CT molecular complexity index is 330. The molecule has 3 nitrogen and oxygen atoms in total. The van der Waals surface area contributed by atoms with Crippen LogP contribution in [0.3, 0.4) is 0 Å². The van der Waals surface area contributed by atoms with Crippen molar-refractivity contribution in [3.63, 3.8) is 0 Å². The van der Waals surface area contributed by atoms with Crippen LogP contribution in [0.25, 0.3) is 0 Å². The molecule has 19 heavy (non-hydrogen) atoms. The monoisotopic (exact) mass is 264 g/mol.